The number of anilines is 1. The second-order valence-corrected chi connectivity index (χ2v) is 4.84. The van der Waals surface area contributed by atoms with E-state index >= 15 is 0 Å². The highest BCUT2D eigenvalue weighted by molar-refractivity contribution is 6.03. The van der Waals surface area contributed by atoms with Crippen molar-refractivity contribution in [1.82, 2.24) is 4.57 Å². The molecular formula is C14H15N3O4. The standard InChI is InChI=1S/C14H15N3O4/c1-9(2)16-8-11(17(20)21)7-13(16)14(19)15-10-3-5-12(18)6-4-10/h3-9,18H,1-2H3,(H,15,19). The molecule has 110 valence electrons. The summed E-state index contributed by atoms with van der Waals surface area (Å²) in [6, 6.07) is 7.14. The van der Waals surface area contributed by atoms with Gasteiger partial charge in [-0.2, -0.15) is 0 Å². The highest BCUT2D eigenvalue weighted by Crippen LogP contribution is 2.22. The van der Waals surface area contributed by atoms with Gasteiger partial charge in [-0.1, -0.05) is 0 Å². The molecule has 0 aliphatic rings. The van der Waals surface area contributed by atoms with E-state index in [2.05, 4.69) is 5.32 Å². The number of nitrogens with one attached hydrogen (secondary N) is 1. The van der Waals surface area contributed by atoms with Crippen LogP contribution in [0.5, 0.6) is 5.75 Å². The van der Waals surface area contributed by atoms with E-state index in [-0.39, 0.29) is 23.2 Å². The zero-order valence-electron chi connectivity index (χ0n) is 11.6. The topological polar surface area (TPSA) is 97.4 Å². The predicted octanol–water partition coefficient (Wildman–Crippen LogP) is 2.94. The van der Waals surface area contributed by atoms with Gasteiger partial charge in [-0.05, 0) is 38.1 Å². The van der Waals surface area contributed by atoms with E-state index in [1.165, 1.54) is 24.4 Å². The Bertz CT molecular complexity index is 674. The van der Waals surface area contributed by atoms with E-state index < -0.39 is 10.8 Å². The number of benzene rings is 1. The van der Waals surface area contributed by atoms with E-state index in [4.69, 9.17) is 0 Å². The highest BCUT2D eigenvalue weighted by atomic mass is 16.6. The minimum Gasteiger partial charge on any atom is -0.508 e. The molecule has 0 fully saturated rings. The normalized spacial score (nSPS) is 10.6. The molecule has 7 nitrogen and oxygen atoms in total. The first kappa shape index (κ1) is 14.6. The minimum absolute atomic E-state index is 0.0840. The molecule has 0 bridgehead atoms. The first-order valence-corrected chi connectivity index (χ1v) is 6.35. The third kappa shape index (κ3) is 3.19. The highest BCUT2D eigenvalue weighted by Gasteiger charge is 2.20. The molecule has 1 aromatic heterocycles. The Morgan fingerprint density at radius 2 is 1.95 bits per heavy atom. The SMILES string of the molecule is CC(C)n1cc([N+](=O)[O-])cc1C(=O)Nc1ccc(O)cc1. The number of hydrogen-bond donors (Lipinski definition) is 2. The maximum absolute atomic E-state index is 12.2. The van der Waals surface area contributed by atoms with Gasteiger partial charge in [-0.3, -0.25) is 14.9 Å². The van der Waals surface area contributed by atoms with Crippen LogP contribution in [0.25, 0.3) is 0 Å². The lowest BCUT2D eigenvalue weighted by Gasteiger charge is -2.12. The number of amides is 1. The Hall–Kier alpha value is -2.83. The molecule has 2 rings (SSSR count). The first-order chi connectivity index (χ1) is 9.88. The number of carbonyl (C=O) groups is 1. The van der Waals surface area contributed by atoms with E-state index in [0.717, 1.165) is 0 Å². The Balaban J connectivity index is 2.29. The zero-order valence-corrected chi connectivity index (χ0v) is 11.6. The number of aromatic nitrogens is 1. The summed E-state index contributed by atoms with van der Waals surface area (Å²) in [7, 11) is 0. The van der Waals surface area contributed by atoms with Crippen LogP contribution in [0.3, 0.4) is 0 Å². The predicted molar refractivity (Wildman–Crippen MR) is 77.5 cm³/mol. The molecule has 1 heterocycles. The molecule has 1 amide bonds. The van der Waals surface area contributed by atoms with Crippen molar-refractivity contribution in [1.29, 1.82) is 0 Å². The van der Waals surface area contributed by atoms with Gasteiger partial charge in [-0.25, -0.2) is 0 Å². The van der Waals surface area contributed by atoms with Crippen molar-refractivity contribution >= 4 is 17.3 Å². The lowest BCUT2D eigenvalue weighted by Crippen LogP contribution is -2.17. The zero-order chi connectivity index (χ0) is 15.6. The molecule has 2 N–H and O–H groups in total. The maximum atomic E-state index is 12.2. The van der Waals surface area contributed by atoms with Crippen LogP contribution < -0.4 is 5.32 Å². The summed E-state index contributed by atoms with van der Waals surface area (Å²) in [4.78, 5) is 22.6. The Morgan fingerprint density at radius 1 is 1.33 bits per heavy atom. The third-order valence-corrected chi connectivity index (χ3v) is 2.96. The number of nitrogens with zero attached hydrogens (tertiary/aromatic N) is 2. The van der Waals surface area contributed by atoms with Crippen LogP contribution in [-0.2, 0) is 0 Å². The molecule has 0 aliphatic carbocycles. The molecular weight excluding hydrogens is 274 g/mol. The van der Waals surface area contributed by atoms with Crippen molar-refractivity contribution in [2.24, 2.45) is 0 Å². The average Bonchev–Trinajstić information content (AvgIpc) is 2.87. The number of carbonyl (C=O) groups excluding carboxylic acids is 1. The van der Waals surface area contributed by atoms with Crippen molar-refractivity contribution < 1.29 is 14.8 Å². The average molecular weight is 289 g/mol. The number of hydrogen-bond acceptors (Lipinski definition) is 4. The van der Waals surface area contributed by atoms with Gasteiger partial charge in [0.15, 0.2) is 0 Å². The molecule has 0 saturated carbocycles. The molecule has 0 spiro atoms. The van der Waals surface area contributed by atoms with Crippen LogP contribution in [0.4, 0.5) is 11.4 Å². The van der Waals surface area contributed by atoms with Crippen LogP contribution >= 0.6 is 0 Å². The van der Waals surface area contributed by atoms with Crippen LogP contribution in [0.2, 0.25) is 0 Å². The van der Waals surface area contributed by atoms with Crippen molar-refractivity contribution in [3.05, 3.63) is 52.3 Å². The van der Waals surface area contributed by atoms with Gasteiger partial charge in [0.1, 0.15) is 11.4 Å². The number of aromatic hydroxyl groups is 1. The van der Waals surface area contributed by atoms with E-state index in [0.29, 0.717) is 5.69 Å². The van der Waals surface area contributed by atoms with Crippen molar-refractivity contribution in [3.63, 3.8) is 0 Å². The quantitative estimate of drug-likeness (QED) is 0.513. The maximum Gasteiger partial charge on any atom is 0.287 e. The van der Waals surface area contributed by atoms with Gasteiger partial charge in [0, 0.05) is 17.8 Å². The summed E-state index contributed by atoms with van der Waals surface area (Å²) >= 11 is 0. The summed E-state index contributed by atoms with van der Waals surface area (Å²) in [6.07, 6.45) is 1.34. The number of rotatable bonds is 4. The fraction of sp³-hybridized carbons (Fsp3) is 0.214. The van der Waals surface area contributed by atoms with E-state index in [1.807, 2.05) is 13.8 Å². The van der Waals surface area contributed by atoms with Crippen LogP contribution in [0.1, 0.15) is 30.4 Å². The van der Waals surface area contributed by atoms with E-state index in [9.17, 15) is 20.0 Å². The molecule has 21 heavy (non-hydrogen) atoms. The molecule has 0 radical (unpaired) electrons. The second-order valence-electron chi connectivity index (χ2n) is 4.84. The third-order valence-electron chi connectivity index (χ3n) is 2.96. The van der Waals surface area contributed by atoms with Gasteiger partial charge in [0.05, 0.1) is 11.1 Å². The minimum atomic E-state index is -0.532. The van der Waals surface area contributed by atoms with E-state index in [1.54, 1.807) is 16.7 Å². The Kier molecular flexibility index (Phi) is 3.93. The largest absolute Gasteiger partial charge is 0.508 e. The molecule has 7 heteroatoms. The summed E-state index contributed by atoms with van der Waals surface area (Å²) < 4.78 is 1.55. The Morgan fingerprint density at radius 3 is 2.48 bits per heavy atom. The summed E-state index contributed by atoms with van der Waals surface area (Å²) in [5.41, 5.74) is 0.585. The fourth-order valence-corrected chi connectivity index (χ4v) is 1.91. The van der Waals surface area contributed by atoms with Crippen LogP contribution in [-0.4, -0.2) is 20.5 Å². The number of nitro groups is 1. The molecule has 1 aromatic carbocycles. The first-order valence-electron chi connectivity index (χ1n) is 6.35. The smallest absolute Gasteiger partial charge is 0.287 e. The summed E-state index contributed by atoms with van der Waals surface area (Å²) in [5.74, 6) is -0.350. The second kappa shape index (κ2) is 5.66. The van der Waals surface area contributed by atoms with Gasteiger partial charge in [0.2, 0.25) is 0 Å². The molecule has 0 unspecified atom stereocenters. The van der Waals surface area contributed by atoms with Crippen molar-refractivity contribution in [2.75, 3.05) is 5.32 Å². The fourth-order valence-electron chi connectivity index (χ4n) is 1.91. The number of phenols is 1. The van der Waals surface area contributed by atoms with Crippen LogP contribution in [0.15, 0.2) is 36.5 Å². The lowest BCUT2D eigenvalue weighted by atomic mass is 10.3. The molecule has 2 aromatic rings. The summed E-state index contributed by atoms with van der Waals surface area (Å²) in [5, 5.41) is 22.7. The van der Waals surface area contributed by atoms with Gasteiger partial charge >= 0.3 is 0 Å². The van der Waals surface area contributed by atoms with Gasteiger partial charge in [-0.15, -0.1) is 0 Å². The van der Waals surface area contributed by atoms with Gasteiger partial charge in [0.25, 0.3) is 11.6 Å². The number of phenolic OH excluding ortho intramolecular Hbond substituents is 1. The van der Waals surface area contributed by atoms with Crippen molar-refractivity contribution in [3.8, 4) is 5.75 Å². The van der Waals surface area contributed by atoms with Crippen molar-refractivity contribution in [2.45, 2.75) is 19.9 Å². The Labute approximate surface area is 121 Å². The van der Waals surface area contributed by atoms with Crippen LogP contribution in [0, 0.1) is 10.1 Å². The summed E-state index contributed by atoms with van der Waals surface area (Å²) in [6.45, 7) is 3.67. The molecule has 0 aliphatic heterocycles. The lowest BCUT2D eigenvalue weighted by molar-refractivity contribution is -0.384. The molecule has 0 atom stereocenters. The monoisotopic (exact) mass is 289 g/mol. The molecule has 0 saturated heterocycles. The van der Waals surface area contributed by atoms with Gasteiger partial charge < -0.3 is 15.0 Å².